The summed E-state index contributed by atoms with van der Waals surface area (Å²) in [6, 6.07) is 15.4. The highest BCUT2D eigenvalue weighted by Crippen LogP contribution is 2.27. The fourth-order valence-electron chi connectivity index (χ4n) is 2.73. The lowest BCUT2D eigenvalue weighted by atomic mass is 10.1. The number of nitriles is 1. The van der Waals surface area contributed by atoms with E-state index >= 15 is 0 Å². The van der Waals surface area contributed by atoms with E-state index in [0.29, 0.717) is 16.1 Å². The zero-order valence-electron chi connectivity index (χ0n) is 13.8. The minimum Gasteiger partial charge on any atom is -0.268 e. The highest BCUT2D eigenvalue weighted by molar-refractivity contribution is 8.00. The van der Waals surface area contributed by atoms with E-state index in [-0.39, 0.29) is 10.8 Å². The molecule has 3 rings (SSSR count). The number of nitrogens with zero attached hydrogens (tertiary/aromatic N) is 3. The number of hydrogen-bond acceptors (Lipinski definition) is 4. The number of aryl methyl sites for hydroxylation is 2. The third-order valence-electron chi connectivity index (χ3n) is 3.87. The van der Waals surface area contributed by atoms with Crippen molar-refractivity contribution in [2.45, 2.75) is 31.2 Å². The van der Waals surface area contributed by atoms with E-state index in [9.17, 15) is 4.79 Å². The molecule has 0 amide bonds. The molecule has 0 aliphatic heterocycles. The van der Waals surface area contributed by atoms with Crippen LogP contribution >= 0.6 is 11.8 Å². The minimum atomic E-state index is -0.298. The highest BCUT2D eigenvalue weighted by atomic mass is 32.2. The Balaban J connectivity index is 2.40. The molecule has 0 radical (unpaired) electrons. The van der Waals surface area contributed by atoms with Crippen LogP contribution in [0.4, 0.5) is 0 Å². The van der Waals surface area contributed by atoms with Gasteiger partial charge in [-0.25, -0.2) is 4.98 Å². The quantitative estimate of drug-likeness (QED) is 0.536. The summed E-state index contributed by atoms with van der Waals surface area (Å²) >= 11 is 1.30. The van der Waals surface area contributed by atoms with Crippen LogP contribution in [-0.2, 0) is 0 Å². The fourth-order valence-corrected chi connectivity index (χ4v) is 3.53. The van der Waals surface area contributed by atoms with Gasteiger partial charge in [-0.05, 0) is 44.0 Å². The van der Waals surface area contributed by atoms with Crippen LogP contribution in [0.2, 0.25) is 0 Å². The second-order valence-corrected chi connectivity index (χ2v) is 6.99. The van der Waals surface area contributed by atoms with E-state index in [0.717, 1.165) is 16.8 Å². The molecule has 3 aromatic rings. The summed E-state index contributed by atoms with van der Waals surface area (Å²) in [6.07, 6.45) is 0. The van der Waals surface area contributed by atoms with Crippen molar-refractivity contribution in [1.29, 1.82) is 5.26 Å². The van der Waals surface area contributed by atoms with Crippen molar-refractivity contribution in [3.05, 3.63) is 63.9 Å². The highest BCUT2D eigenvalue weighted by Gasteiger charge is 2.18. The maximum Gasteiger partial charge on any atom is 0.266 e. The molecule has 0 N–H and O–H groups in total. The fraction of sp³-hybridized carbons (Fsp3) is 0.211. The van der Waals surface area contributed by atoms with Crippen LogP contribution < -0.4 is 5.56 Å². The lowest BCUT2D eigenvalue weighted by molar-refractivity contribution is 0.807. The van der Waals surface area contributed by atoms with Crippen molar-refractivity contribution in [3.63, 3.8) is 0 Å². The standard InChI is InChI=1S/C19H17N3OS/c1-12-7-6-8-13(2)17(12)22-18(23)15-9-4-5-10-16(15)21-19(22)24-14(3)11-20/h4-10,14H,1-3H3/t14-/m0/s1. The minimum absolute atomic E-state index is 0.106. The number of thioether (sulfide) groups is 1. The Bertz CT molecular complexity index is 997. The number of aromatic nitrogens is 2. The molecule has 0 saturated heterocycles. The normalized spacial score (nSPS) is 12.1. The lowest BCUT2D eigenvalue weighted by Crippen LogP contribution is -2.23. The van der Waals surface area contributed by atoms with Crippen molar-refractivity contribution in [1.82, 2.24) is 9.55 Å². The van der Waals surface area contributed by atoms with Crippen molar-refractivity contribution in [2.75, 3.05) is 0 Å². The molecule has 0 aliphatic rings. The average Bonchev–Trinajstić information content (AvgIpc) is 2.57. The number of benzene rings is 2. The Morgan fingerprint density at radius 2 is 1.79 bits per heavy atom. The van der Waals surface area contributed by atoms with Gasteiger partial charge in [-0.15, -0.1) is 0 Å². The Hall–Kier alpha value is -2.58. The first-order valence-corrected chi connectivity index (χ1v) is 8.55. The van der Waals surface area contributed by atoms with Crippen LogP contribution in [0.25, 0.3) is 16.6 Å². The molecule has 0 unspecified atom stereocenters. The van der Waals surface area contributed by atoms with Gasteiger partial charge in [-0.3, -0.25) is 9.36 Å². The topological polar surface area (TPSA) is 58.7 Å². The van der Waals surface area contributed by atoms with E-state index in [1.807, 2.05) is 50.2 Å². The molecule has 0 spiro atoms. The predicted molar refractivity (Wildman–Crippen MR) is 97.7 cm³/mol. The zero-order valence-corrected chi connectivity index (χ0v) is 14.6. The van der Waals surface area contributed by atoms with E-state index in [1.165, 1.54) is 11.8 Å². The number of fused-ring (bicyclic) bond motifs is 1. The van der Waals surface area contributed by atoms with E-state index in [2.05, 4.69) is 11.1 Å². The van der Waals surface area contributed by atoms with Crippen LogP contribution in [0, 0.1) is 25.2 Å². The second-order valence-electron chi connectivity index (χ2n) is 5.68. The van der Waals surface area contributed by atoms with Crippen LogP contribution in [0.15, 0.2) is 52.4 Å². The van der Waals surface area contributed by atoms with Gasteiger partial charge >= 0.3 is 0 Å². The second kappa shape index (κ2) is 6.50. The Kier molecular flexibility index (Phi) is 4.41. The Morgan fingerprint density at radius 1 is 1.12 bits per heavy atom. The molecule has 0 aliphatic carbocycles. The summed E-state index contributed by atoms with van der Waals surface area (Å²) in [4.78, 5) is 17.8. The molecule has 1 aromatic heterocycles. The van der Waals surface area contributed by atoms with Gasteiger partial charge in [0, 0.05) is 0 Å². The maximum atomic E-state index is 13.2. The molecule has 24 heavy (non-hydrogen) atoms. The third-order valence-corrected chi connectivity index (χ3v) is 4.82. The van der Waals surface area contributed by atoms with Crippen molar-refractivity contribution in [3.8, 4) is 11.8 Å². The smallest absolute Gasteiger partial charge is 0.266 e. The molecule has 4 nitrogen and oxygen atoms in total. The third kappa shape index (κ3) is 2.81. The number of rotatable bonds is 3. The van der Waals surface area contributed by atoms with Crippen molar-refractivity contribution < 1.29 is 0 Å². The molecule has 5 heteroatoms. The van der Waals surface area contributed by atoms with Crippen molar-refractivity contribution >= 4 is 22.7 Å². The molecule has 0 saturated carbocycles. The lowest BCUT2D eigenvalue weighted by Gasteiger charge is -2.17. The summed E-state index contributed by atoms with van der Waals surface area (Å²) < 4.78 is 1.64. The first-order chi connectivity index (χ1) is 11.5. The summed E-state index contributed by atoms with van der Waals surface area (Å²) in [5.74, 6) is 0. The molecule has 120 valence electrons. The van der Waals surface area contributed by atoms with Gasteiger partial charge in [0.1, 0.15) is 0 Å². The largest absolute Gasteiger partial charge is 0.268 e. The Morgan fingerprint density at radius 3 is 2.46 bits per heavy atom. The van der Waals surface area contributed by atoms with Gasteiger partial charge < -0.3 is 0 Å². The molecular formula is C19H17N3OS. The van der Waals surface area contributed by atoms with Crippen molar-refractivity contribution in [2.24, 2.45) is 0 Å². The SMILES string of the molecule is Cc1cccc(C)c1-n1c(S[C@@H](C)C#N)nc2ccccc2c1=O. The molecule has 0 fully saturated rings. The number of para-hydroxylation sites is 2. The first kappa shape index (κ1) is 16.3. The van der Waals surface area contributed by atoms with E-state index in [4.69, 9.17) is 5.26 Å². The molecule has 2 aromatic carbocycles. The number of hydrogen-bond donors (Lipinski definition) is 0. The van der Waals surface area contributed by atoms with Crippen LogP contribution in [-0.4, -0.2) is 14.8 Å². The van der Waals surface area contributed by atoms with E-state index in [1.54, 1.807) is 17.6 Å². The first-order valence-electron chi connectivity index (χ1n) is 7.67. The van der Waals surface area contributed by atoms with Gasteiger partial charge in [0.05, 0.1) is 27.9 Å². The molecule has 0 bridgehead atoms. The van der Waals surface area contributed by atoms with Gasteiger partial charge in [-0.2, -0.15) is 5.26 Å². The van der Waals surface area contributed by atoms with Gasteiger partial charge in [0.2, 0.25) is 0 Å². The van der Waals surface area contributed by atoms with Gasteiger partial charge in [0.25, 0.3) is 5.56 Å². The van der Waals surface area contributed by atoms with Crippen LogP contribution in [0.5, 0.6) is 0 Å². The monoisotopic (exact) mass is 335 g/mol. The summed E-state index contributed by atoms with van der Waals surface area (Å²) in [7, 11) is 0. The van der Waals surface area contributed by atoms with Gasteiger partial charge in [-0.1, -0.05) is 42.1 Å². The zero-order chi connectivity index (χ0) is 17.3. The summed E-state index contributed by atoms with van der Waals surface area (Å²) in [5.41, 5.74) is 3.39. The summed E-state index contributed by atoms with van der Waals surface area (Å²) in [5, 5.41) is 9.99. The maximum absolute atomic E-state index is 13.2. The Labute approximate surface area is 144 Å². The van der Waals surface area contributed by atoms with Crippen LogP contribution in [0.1, 0.15) is 18.1 Å². The molecule has 1 atom stereocenters. The molecule has 1 heterocycles. The molecular weight excluding hydrogens is 318 g/mol. The average molecular weight is 335 g/mol. The van der Waals surface area contributed by atoms with E-state index < -0.39 is 0 Å². The van der Waals surface area contributed by atoms with Gasteiger partial charge in [0.15, 0.2) is 5.16 Å². The predicted octanol–water partition coefficient (Wildman–Crippen LogP) is 4.01. The van der Waals surface area contributed by atoms with Crippen LogP contribution in [0.3, 0.4) is 0 Å². The summed E-state index contributed by atoms with van der Waals surface area (Å²) in [6.45, 7) is 5.76.